The van der Waals surface area contributed by atoms with Gasteiger partial charge in [0.1, 0.15) is 0 Å². The second kappa shape index (κ2) is 2.87. The third-order valence-corrected chi connectivity index (χ3v) is 4.32. The summed E-state index contributed by atoms with van der Waals surface area (Å²) in [7, 11) is 0. The maximum atomic E-state index is 8.62. The number of nitriles is 1. The van der Waals surface area contributed by atoms with Gasteiger partial charge in [-0.3, -0.25) is 0 Å². The van der Waals surface area contributed by atoms with Gasteiger partial charge in [-0.2, -0.15) is 5.26 Å². The summed E-state index contributed by atoms with van der Waals surface area (Å²) in [5.41, 5.74) is 1.75. The topological polar surface area (TPSA) is 23.8 Å². The van der Waals surface area contributed by atoms with E-state index in [1.54, 1.807) is 0 Å². The first kappa shape index (κ1) is 8.81. The van der Waals surface area contributed by atoms with Crippen LogP contribution in [0.25, 0.3) is 0 Å². The van der Waals surface area contributed by atoms with Gasteiger partial charge in [0.15, 0.2) is 0 Å². The van der Waals surface area contributed by atoms with Crippen molar-refractivity contribution >= 4 is 0 Å². The number of fused-ring (bicyclic) bond motifs is 2. The van der Waals surface area contributed by atoms with Gasteiger partial charge in [0.25, 0.3) is 0 Å². The molecule has 13 heavy (non-hydrogen) atoms. The van der Waals surface area contributed by atoms with Crippen molar-refractivity contribution in [2.75, 3.05) is 0 Å². The second-order valence-electron chi connectivity index (χ2n) is 4.81. The van der Waals surface area contributed by atoms with Gasteiger partial charge in [0, 0.05) is 6.42 Å². The quantitative estimate of drug-likeness (QED) is 0.591. The van der Waals surface area contributed by atoms with Crippen LogP contribution in [0.3, 0.4) is 0 Å². The number of hydrogen-bond donors (Lipinski definition) is 0. The van der Waals surface area contributed by atoms with Crippen molar-refractivity contribution in [2.24, 2.45) is 17.3 Å². The summed E-state index contributed by atoms with van der Waals surface area (Å²) in [5, 5.41) is 8.62. The van der Waals surface area contributed by atoms with E-state index >= 15 is 0 Å². The van der Waals surface area contributed by atoms with Crippen molar-refractivity contribution in [3.8, 4) is 6.07 Å². The average molecular weight is 175 g/mol. The molecule has 3 unspecified atom stereocenters. The summed E-state index contributed by atoms with van der Waals surface area (Å²) < 4.78 is 0. The average Bonchev–Trinajstić information content (AvgIpc) is 2.68. The van der Waals surface area contributed by atoms with Crippen molar-refractivity contribution in [2.45, 2.75) is 39.0 Å². The highest BCUT2D eigenvalue weighted by atomic mass is 14.5. The molecule has 1 nitrogen and oxygen atoms in total. The Morgan fingerprint density at radius 2 is 2.38 bits per heavy atom. The number of hydrogen-bond acceptors (Lipinski definition) is 1. The molecular weight excluding hydrogens is 158 g/mol. The summed E-state index contributed by atoms with van der Waals surface area (Å²) in [4.78, 5) is 0. The van der Waals surface area contributed by atoms with Crippen molar-refractivity contribution in [3.05, 3.63) is 12.2 Å². The lowest BCUT2D eigenvalue weighted by Gasteiger charge is -2.35. The Kier molecular flexibility index (Phi) is 1.95. The SMILES string of the molecule is C=C1C2CCC(C2)C1(C)CCC#N. The second-order valence-corrected chi connectivity index (χ2v) is 4.81. The molecule has 2 aliphatic carbocycles. The summed E-state index contributed by atoms with van der Waals surface area (Å²) in [5.74, 6) is 1.62. The van der Waals surface area contributed by atoms with Crippen LogP contribution >= 0.6 is 0 Å². The van der Waals surface area contributed by atoms with Crippen LogP contribution in [0.4, 0.5) is 0 Å². The fourth-order valence-corrected chi connectivity index (χ4v) is 3.29. The lowest BCUT2D eigenvalue weighted by Crippen LogP contribution is -2.25. The standard InChI is InChI=1S/C12H17N/c1-9-10-4-5-11(8-10)12(9,2)6-3-7-13/h10-11H,1,3-6,8H2,2H3. The van der Waals surface area contributed by atoms with Gasteiger partial charge in [-0.25, -0.2) is 0 Å². The highest BCUT2D eigenvalue weighted by Crippen LogP contribution is 2.60. The van der Waals surface area contributed by atoms with E-state index < -0.39 is 0 Å². The molecule has 0 aliphatic heterocycles. The zero-order valence-corrected chi connectivity index (χ0v) is 8.34. The molecule has 0 amide bonds. The van der Waals surface area contributed by atoms with E-state index in [9.17, 15) is 0 Å². The first-order valence-electron chi connectivity index (χ1n) is 5.24. The maximum Gasteiger partial charge on any atom is 0.0622 e. The number of allylic oxidation sites excluding steroid dienone is 1. The third kappa shape index (κ3) is 1.12. The molecule has 0 aromatic carbocycles. The molecular formula is C12H17N. The summed E-state index contributed by atoms with van der Waals surface area (Å²) in [6.07, 6.45) is 5.79. The molecule has 0 saturated heterocycles. The first-order chi connectivity index (χ1) is 6.18. The fraction of sp³-hybridized carbons (Fsp3) is 0.750. The molecule has 1 heteroatoms. The zero-order valence-electron chi connectivity index (χ0n) is 8.34. The molecule has 2 fully saturated rings. The minimum Gasteiger partial charge on any atom is -0.198 e. The van der Waals surface area contributed by atoms with Crippen LogP contribution in [0.2, 0.25) is 0 Å². The van der Waals surface area contributed by atoms with Crippen LogP contribution in [-0.4, -0.2) is 0 Å². The molecule has 3 atom stereocenters. The van der Waals surface area contributed by atoms with E-state index in [-0.39, 0.29) is 0 Å². The molecule has 0 spiro atoms. The van der Waals surface area contributed by atoms with Crippen LogP contribution in [-0.2, 0) is 0 Å². The lowest BCUT2D eigenvalue weighted by molar-refractivity contribution is 0.242. The Labute approximate surface area is 80.4 Å². The Balaban J connectivity index is 2.14. The Morgan fingerprint density at radius 1 is 1.62 bits per heavy atom. The van der Waals surface area contributed by atoms with E-state index in [0.29, 0.717) is 11.8 Å². The number of nitrogens with zero attached hydrogens (tertiary/aromatic N) is 1. The largest absolute Gasteiger partial charge is 0.198 e. The third-order valence-electron chi connectivity index (χ3n) is 4.32. The van der Waals surface area contributed by atoms with Gasteiger partial charge in [-0.1, -0.05) is 19.1 Å². The van der Waals surface area contributed by atoms with Crippen LogP contribution in [0.5, 0.6) is 0 Å². The van der Waals surface area contributed by atoms with E-state index in [0.717, 1.165) is 18.3 Å². The van der Waals surface area contributed by atoms with Crippen LogP contribution in [0, 0.1) is 28.6 Å². The number of rotatable bonds is 2. The summed E-state index contributed by atoms with van der Waals surface area (Å²) in [6.45, 7) is 6.55. The lowest BCUT2D eigenvalue weighted by atomic mass is 9.69. The highest BCUT2D eigenvalue weighted by molar-refractivity contribution is 5.24. The molecule has 70 valence electrons. The predicted octanol–water partition coefficient (Wildman–Crippen LogP) is 3.28. The van der Waals surface area contributed by atoms with Gasteiger partial charge in [0.2, 0.25) is 0 Å². The zero-order chi connectivity index (χ0) is 9.47. The Morgan fingerprint density at radius 3 is 2.92 bits per heavy atom. The monoisotopic (exact) mass is 175 g/mol. The molecule has 2 saturated carbocycles. The van der Waals surface area contributed by atoms with Crippen molar-refractivity contribution in [1.82, 2.24) is 0 Å². The molecule has 0 N–H and O–H groups in total. The maximum absolute atomic E-state index is 8.62. The van der Waals surface area contributed by atoms with E-state index in [2.05, 4.69) is 19.6 Å². The molecule has 2 aliphatic rings. The van der Waals surface area contributed by atoms with Crippen LogP contribution < -0.4 is 0 Å². The minimum atomic E-state index is 0.304. The molecule has 0 radical (unpaired) electrons. The van der Waals surface area contributed by atoms with Gasteiger partial charge in [-0.15, -0.1) is 0 Å². The van der Waals surface area contributed by atoms with E-state index in [1.165, 1.54) is 24.8 Å². The van der Waals surface area contributed by atoms with E-state index in [4.69, 9.17) is 5.26 Å². The van der Waals surface area contributed by atoms with Crippen LogP contribution in [0.1, 0.15) is 39.0 Å². The van der Waals surface area contributed by atoms with E-state index in [1.807, 2.05) is 0 Å². The van der Waals surface area contributed by atoms with Gasteiger partial charge in [0.05, 0.1) is 6.07 Å². The van der Waals surface area contributed by atoms with Gasteiger partial charge in [-0.05, 0) is 42.9 Å². The predicted molar refractivity (Wildman–Crippen MR) is 52.9 cm³/mol. The smallest absolute Gasteiger partial charge is 0.0622 e. The van der Waals surface area contributed by atoms with Crippen molar-refractivity contribution in [1.29, 1.82) is 5.26 Å². The summed E-state index contributed by atoms with van der Waals surface area (Å²) >= 11 is 0. The van der Waals surface area contributed by atoms with Crippen molar-refractivity contribution in [3.63, 3.8) is 0 Å². The van der Waals surface area contributed by atoms with Crippen LogP contribution in [0.15, 0.2) is 12.2 Å². The first-order valence-corrected chi connectivity index (χ1v) is 5.24. The molecule has 0 aromatic heterocycles. The highest BCUT2D eigenvalue weighted by Gasteiger charge is 2.50. The molecule has 0 heterocycles. The van der Waals surface area contributed by atoms with Gasteiger partial charge < -0.3 is 0 Å². The molecule has 0 aromatic rings. The molecule has 2 rings (SSSR count). The molecule has 2 bridgehead atoms. The minimum absolute atomic E-state index is 0.304. The Hall–Kier alpha value is -0.770. The Bertz CT molecular complexity index is 273. The van der Waals surface area contributed by atoms with Crippen molar-refractivity contribution < 1.29 is 0 Å². The normalized spacial score (nSPS) is 42.3. The van der Waals surface area contributed by atoms with Gasteiger partial charge >= 0.3 is 0 Å². The fourth-order valence-electron chi connectivity index (χ4n) is 3.29. The summed E-state index contributed by atoms with van der Waals surface area (Å²) in [6, 6.07) is 2.26.